The molecule has 3 N–H and O–H groups in total. The topological polar surface area (TPSA) is 65.6 Å². The zero-order chi connectivity index (χ0) is 18.4. The lowest BCUT2D eigenvalue weighted by Crippen LogP contribution is -2.59. The molecule has 0 spiro atoms. The second kappa shape index (κ2) is 9.61. The molecule has 0 radical (unpaired) electrons. The van der Waals surface area contributed by atoms with Gasteiger partial charge in [0.25, 0.3) is 0 Å². The van der Waals surface area contributed by atoms with Gasteiger partial charge in [-0.25, -0.2) is 4.79 Å². The Kier molecular flexibility index (Phi) is 8.09. The Hall–Kier alpha value is -0.260. The van der Waals surface area contributed by atoms with Crippen LogP contribution in [0.1, 0.15) is 0 Å². The molecule has 1 fully saturated rings. The number of para-hydroxylation sites is 1. The zero-order valence-electron chi connectivity index (χ0n) is 12.9. The third-order valence-corrected chi connectivity index (χ3v) is 5.11. The molecule has 2 amide bonds. The first-order valence-corrected chi connectivity index (χ1v) is 9.91. The third-order valence-electron chi connectivity index (χ3n) is 3.29. The third kappa shape index (κ3) is 6.76. The van der Waals surface area contributed by atoms with Gasteiger partial charge in [-0.3, -0.25) is 0 Å². The number of morpholine rings is 1. The summed E-state index contributed by atoms with van der Waals surface area (Å²) in [6.07, 6.45) is -1.01. The average Bonchev–Trinajstić information content (AvgIpc) is 2.56. The summed E-state index contributed by atoms with van der Waals surface area (Å²) in [6, 6.07) is 7.23. The maximum absolute atomic E-state index is 12.3. The van der Waals surface area contributed by atoms with Gasteiger partial charge in [-0.1, -0.05) is 46.9 Å². The fourth-order valence-electron chi connectivity index (χ4n) is 2.03. The number of carbonyl (C=O) groups excluding carboxylic acids is 1. The second-order valence-electron chi connectivity index (χ2n) is 5.10. The molecule has 25 heavy (non-hydrogen) atoms. The van der Waals surface area contributed by atoms with E-state index >= 15 is 0 Å². The number of halogens is 4. The molecule has 2 rings (SSSR count). The highest BCUT2D eigenvalue weighted by atomic mass is 127. The molecule has 0 saturated carbocycles. The van der Waals surface area contributed by atoms with Crippen LogP contribution in [0.5, 0.6) is 0 Å². The molecule has 0 aromatic heterocycles. The molecule has 1 atom stereocenters. The van der Waals surface area contributed by atoms with E-state index in [2.05, 4.69) is 38.5 Å². The van der Waals surface area contributed by atoms with Crippen molar-refractivity contribution in [2.45, 2.75) is 9.96 Å². The molecule has 6 nitrogen and oxygen atoms in total. The van der Waals surface area contributed by atoms with Gasteiger partial charge in [0.1, 0.15) is 0 Å². The van der Waals surface area contributed by atoms with Crippen molar-refractivity contribution in [1.29, 1.82) is 0 Å². The molecule has 0 aliphatic carbocycles. The number of alkyl halides is 3. The van der Waals surface area contributed by atoms with Crippen molar-refractivity contribution in [2.75, 3.05) is 31.6 Å². The summed E-state index contributed by atoms with van der Waals surface area (Å²) in [5.74, 6) is 0. The molecule has 0 bridgehead atoms. The van der Waals surface area contributed by atoms with E-state index in [0.717, 1.165) is 9.26 Å². The van der Waals surface area contributed by atoms with Crippen LogP contribution in [-0.2, 0) is 4.74 Å². The fourth-order valence-corrected chi connectivity index (χ4v) is 3.11. The minimum absolute atomic E-state index is 0.225. The second-order valence-corrected chi connectivity index (χ2v) is 9.04. The number of nitrogens with zero attached hydrogens (tertiary/aromatic N) is 1. The minimum atomic E-state index is -1.79. The van der Waals surface area contributed by atoms with Gasteiger partial charge in [0.05, 0.1) is 18.9 Å². The number of rotatable bonds is 3. The molecular formula is C14H16Cl3IN4O2S. The van der Waals surface area contributed by atoms with E-state index in [4.69, 9.17) is 51.8 Å². The lowest BCUT2D eigenvalue weighted by molar-refractivity contribution is 0.0524. The summed E-state index contributed by atoms with van der Waals surface area (Å²) in [5, 5.41) is 8.73. The van der Waals surface area contributed by atoms with Crippen LogP contribution in [-0.4, -0.2) is 52.3 Å². The Labute approximate surface area is 180 Å². The quantitative estimate of drug-likeness (QED) is 0.239. The summed E-state index contributed by atoms with van der Waals surface area (Å²) in [7, 11) is 0. The minimum Gasteiger partial charge on any atom is -0.378 e. The number of hydrogen-bond donors (Lipinski definition) is 3. The van der Waals surface area contributed by atoms with Crippen molar-refractivity contribution in [2.24, 2.45) is 0 Å². The summed E-state index contributed by atoms with van der Waals surface area (Å²) in [6.45, 7) is 1.91. The Balaban J connectivity index is 1.98. The first-order valence-electron chi connectivity index (χ1n) is 7.29. The molecule has 138 valence electrons. The predicted octanol–water partition coefficient (Wildman–Crippen LogP) is 3.32. The molecule has 0 unspecified atom stereocenters. The van der Waals surface area contributed by atoms with Gasteiger partial charge >= 0.3 is 6.03 Å². The average molecular weight is 538 g/mol. The first kappa shape index (κ1) is 21.0. The van der Waals surface area contributed by atoms with Crippen LogP contribution in [0.4, 0.5) is 10.5 Å². The lowest BCUT2D eigenvalue weighted by atomic mass is 10.3. The molecule has 11 heteroatoms. The van der Waals surface area contributed by atoms with E-state index in [1.807, 2.05) is 24.3 Å². The Bertz CT molecular complexity index is 626. The summed E-state index contributed by atoms with van der Waals surface area (Å²) in [5.41, 5.74) is 0.808. The van der Waals surface area contributed by atoms with E-state index in [1.54, 1.807) is 4.90 Å². The molecule has 1 aliphatic heterocycles. The Morgan fingerprint density at radius 3 is 2.48 bits per heavy atom. The van der Waals surface area contributed by atoms with Crippen molar-refractivity contribution in [3.05, 3.63) is 27.8 Å². The van der Waals surface area contributed by atoms with Gasteiger partial charge in [0.2, 0.25) is 3.79 Å². The van der Waals surface area contributed by atoms with Crippen molar-refractivity contribution in [3.8, 4) is 0 Å². The number of nitrogens with one attached hydrogen (secondary N) is 3. The molecule has 1 saturated heterocycles. The maximum atomic E-state index is 12.3. The predicted molar refractivity (Wildman–Crippen MR) is 114 cm³/mol. The molecule has 1 aliphatic rings. The van der Waals surface area contributed by atoms with Crippen LogP contribution in [0.25, 0.3) is 0 Å². The van der Waals surface area contributed by atoms with Crippen molar-refractivity contribution >= 4 is 86.4 Å². The van der Waals surface area contributed by atoms with Crippen molar-refractivity contribution < 1.29 is 9.53 Å². The largest absolute Gasteiger partial charge is 0.378 e. The van der Waals surface area contributed by atoms with Crippen LogP contribution in [0.2, 0.25) is 0 Å². The van der Waals surface area contributed by atoms with E-state index in [9.17, 15) is 4.79 Å². The highest BCUT2D eigenvalue weighted by Gasteiger charge is 2.35. The smallest absolute Gasteiger partial charge is 0.319 e. The number of ether oxygens (including phenoxy) is 1. The highest BCUT2D eigenvalue weighted by molar-refractivity contribution is 14.1. The van der Waals surface area contributed by atoms with Crippen LogP contribution in [0.3, 0.4) is 0 Å². The number of urea groups is 1. The van der Waals surface area contributed by atoms with E-state index in [-0.39, 0.29) is 11.1 Å². The van der Waals surface area contributed by atoms with Gasteiger partial charge in [0, 0.05) is 16.7 Å². The van der Waals surface area contributed by atoms with Crippen molar-refractivity contribution in [3.63, 3.8) is 0 Å². The van der Waals surface area contributed by atoms with Gasteiger partial charge in [-0.2, -0.15) is 0 Å². The van der Waals surface area contributed by atoms with Gasteiger partial charge in [-0.15, -0.1) is 0 Å². The number of thiocarbonyl (C=S) groups is 1. The van der Waals surface area contributed by atoms with Crippen molar-refractivity contribution in [1.82, 2.24) is 15.5 Å². The molecular weight excluding hydrogens is 522 g/mol. The first-order chi connectivity index (χ1) is 11.8. The SMILES string of the molecule is O=C(N[C@H](NC(=S)Nc1ccccc1I)C(Cl)(Cl)Cl)N1CCOCC1. The lowest BCUT2D eigenvalue weighted by Gasteiger charge is -2.32. The van der Waals surface area contributed by atoms with E-state index < -0.39 is 9.96 Å². The van der Waals surface area contributed by atoms with Crippen LogP contribution in [0.15, 0.2) is 24.3 Å². The number of amides is 2. The van der Waals surface area contributed by atoms with Gasteiger partial charge < -0.3 is 25.6 Å². The standard InChI is InChI=1S/C14H16Cl3IN4O2S/c15-14(16,17)11(21-13(23)22-5-7-24-8-6-22)20-12(25)19-10-4-2-1-3-9(10)18/h1-4,11H,5-8H2,(H,21,23)(H2,19,20,25)/t11-/m0/s1. The normalized spacial score (nSPS) is 16.1. The summed E-state index contributed by atoms with van der Waals surface area (Å²) >= 11 is 25.4. The number of anilines is 1. The fraction of sp³-hybridized carbons (Fsp3) is 0.429. The Morgan fingerprint density at radius 2 is 1.88 bits per heavy atom. The van der Waals surface area contributed by atoms with Gasteiger partial charge in [0.15, 0.2) is 11.3 Å². The molecule has 1 aromatic carbocycles. The monoisotopic (exact) mass is 536 g/mol. The van der Waals surface area contributed by atoms with Crippen LogP contribution >= 0.6 is 69.6 Å². The number of carbonyl (C=O) groups is 1. The van der Waals surface area contributed by atoms with Crippen LogP contribution in [0, 0.1) is 3.57 Å². The van der Waals surface area contributed by atoms with Crippen LogP contribution < -0.4 is 16.0 Å². The molecule has 1 heterocycles. The van der Waals surface area contributed by atoms with E-state index in [1.165, 1.54) is 0 Å². The summed E-state index contributed by atoms with van der Waals surface area (Å²) in [4.78, 5) is 13.9. The number of benzene rings is 1. The van der Waals surface area contributed by atoms with E-state index in [0.29, 0.717) is 26.3 Å². The zero-order valence-corrected chi connectivity index (χ0v) is 18.1. The summed E-state index contributed by atoms with van der Waals surface area (Å²) < 4.78 is 4.40. The Morgan fingerprint density at radius 1 is 1.24 bits per heavy atom. The highest BCUT2D eigenvalue weighted by Crippen LogP contribution is 2.29. The number of hydrogen-bond acceptors (Lipinski definition) is 3. The molecule has 1 aromatic rings. The van der Waals surface area contributed by atoms with Gasteiger partial charge in [-0.05, 0) is 46.9 Å². The maximum Gasteiger partial charge on any atom is 0.319 e.